The molecule has 1 unspecified atom stereocenters. The van der Waals surface area contributed by atoms with Gasteiger partial charge >= 0.3 is 0 Å². The molecule has 1 aliphatic carbocycles. The van der Waals surface area contributed by atoms with Crippen molar-refractivity contribution in [3.05, 3.63) is 35.4 Å². The predicted octanol–water partition coefficient (Wildman–Crippen LogP) is 4.19. The van der Waals surface area contributed by atoms with Crippen molar-refractivity contribution in [1.29, 1.82) is 0 Å². The van der Waals surface area contributed by atoms with Crippen LogP contribution in [0.4, 0.5) is 8.78 Å². The minimum Gasteiger partial charge on any atom is -0.307 e. The second kappa shape index (κ2) is 5.79. The number of hydrogen-bond donors (Lipinski definition) is 1. The maximum absolute atomic E-state index is 13.6. The second-order valence-corrected chi connectivity index (χ2v) is 5.51. The average Bonchev–Trinajstić information content (AvgIpc) is 2.35. The number of halogens is 2. The molecule has 1 fully saturated rings. The molecule has 100 valence electrons. The van der Waals surface area contributed by atoms with Gasteiger partial charge in [0.05, 0.1) is 0 Å². The Morgan fingerprint density at radius 1 is 1.17 bits per heavy atom. The van der Waals surface area contributed by atoms with Crippen LogP contribution in [-0.2, 0) is 0 Å². The summed E-state index contributed by atoms with van der Waals surface area (Å²) < 4.78 is 26.8. The Bertz CT molecular complexity index is 397. The Hall–Kier alpha value is -0.960. The Morgan fingerprint density at radius 2 is 1.83 bits per heavy atom. The van der Waals surface area contributed by atoms with Gasteiger partial charge in [0.15, 0.2) is 0 Å². The lowest BCUT2D eigenvalue weighted by atomic mass is 9.87. The molecule has 1 saturated carbocycles. The van der Waals surface area contributed by atoms with E-state index in [4.69, 9.17) is 0 Å². The van der Waals surface area contributed by atoms with E-state index < -0.39 is 0 Å². The summed E-state index contributed by atoms with van der Waals surface area (Å²) in [6.07, 6.45) is 4.69. The van der Waals surface area contributed by atoms with Crippen molar-refractivity contribution >= 4 is 0 Å². The van der Waals surface area contributed by atoms with Crippen LogP contribution in [0.5, 0.6) is 0 Å². The number of benzene rings is 1. The van der Waals surface area contributed by atoms with Gasteiger partial charge in [-0.3, -0.25) is 0 Å². The van der Waals surface area contributed by atoms with Gasteiger partial charge in [0.2, 0.25) is 0 Å². The van der Waals surface area contributed by atoms with Crippen molar-refractivity contribution in [3.63, 3.8) is 0 Å². The summed E-state index contributed by atoms with van der Waals surface area (Å²) in [5.74, 6) is 0.0853. The van der Waals surface area contributed by atoms with Crippen LogP contribution in [0.2, 0.25) is 0 Å². The highest BCUT2D eigenvalue weighted by Gasteiger charge is 2.21. The first-order valence-corrected chi connectivity index (χ1v) is 6.77. The highest BCUT2D eigenvalue weighted by molar-refractivity contribution is 5.22. The molecule has 0 aliphatic heterocycles. The maximum Gasteiger partial charge on any atom is 0.128 e. The SMILES string of the molecule is CC1CCC(NC(C)c2cc(F)ccc2F)CC1. The smallest absolute Gasteiger partial charge is 0.128 e. The molecule has 1 aromatic carbocycles. The van der Waals surface area contributed by atoms with Crippen molar-refractivity contribution in [2.75, 3.05) is 0 Å². The summed E-state index contributed by atoms with van der Waals surface area (Å²) in [5.41, 5.74) is 0.425. The molecular weight excluding hydrogens is 232 g/mol. The van der Waals surface area contributed by atoms with Crippen LogP contribution in [-0.4, -0.2) is 6.04 Å². The standard InChI is InChI=1S/C15H21F2N/c1-10-3-6-13(7-4-10)18-11(2)14-9-12(16)5-8-15(14)17/h5,8-11,13,18H,3-4,6-7H2,1-2H3. The fraction of sp³-hybridized carbons (Fsp3) is 0.600. The minimum absolute atomic E-state index is 0.140. The van der Waals surface area contributed by atoms with Crippen molar-refractivity contribution in [2.24, 2.45) is 5.92 Å². The van der Waals surface area contributed by atoms with Gasteiger partial charge in [-0.2, -0.15) is 0 Å². The van der Waals surface area contributed by atoms with Crippen LogP contribution < -0.4 is 5.32 Å². The summed E-state index contributed by atoms with van der Waals surface area (Å²) in [4.78, 5) is 0. The van der Waals surface area contributed by atoms with Crippen LogP contribution >= 0.6 is 0 Å². The molecule has 0 aromatic heterocycles. The van der Waals surface area contributed by atoms with Gasteiger partial charge in [-0.1, -0.05) is 6.92 Å². The third kappa shape index (κ3) is 3.29. The maximum atomic E-state index is 13.6. The zero-order chi connectivity index (χ0) is 13.1. The Morgan fingerprint density at radius 3 is 2.50 bits per heavy atom. The van der Waals surface area contributed by atoms with E-state index >= 15 is 0 Å². The summed E-state index contributed by atoms with van der Waals surface area (Å²) in [6.45, 7) is 4.17. The normalized spacial score (nSPS) is 26.0. The van der Waals surface area contributed by atoms with Gasteiger partial charge in [-0.05, 0) is 56.7 Å². The van der Waals surface area contributed by atoms with Gasteiger partial charge in [0.1, 0.15) is 11.6 Å². The Labute approximate surface area is 108 Å². The van der Waals surface area contributed by atoms with Gasteiger partial charge < -0.3 is 5.32 Å². The average molecular weight is 253 g/mol. The summed E-state index contributed by atoms with van der Waals surface area (Å²) in [6, 6.07) is 3.94. The van der Waals surface area contributed by atoms with Crippen molar-refractivity contribution in [1.82, 2.24) is 5.32 Å². The highest BCUT2D eigenvalue weighted by Crippen LogP contribution is 2.26. The van der Waals surface area contributed by atoms with E-state index in [1.165, 1.54) is 25.0 Å². The molecule has 0 heterocycles. The first kappa shape index (κ1) is 13.5. The molecule has 1 nitrogen and oxygen atoms in total. The van der Waals surface area contributed by atoms with E-state index in [1.807, 2.05) is 6.92 Å². The molecule has 0 spiro atoms. The van der Waals surface area contributed by atoms with E-state index in [1.54, 1.807) is 0 Å². The lowest BCUT2D eigenvalue weighted by Gasteiger charge is -2.30. The number of rotatable bonds is 3. The van der Waals surface area contributed by atoms with E-state index in [2.05, 4.69) is 12.2 Å². The van der Waals surface area contributed by atoms with Crippen LogP contribution in [0.3, 0.4) is 0 Å². The van der Waals surface area contributed by atoms with E-state index in [9.17, 15) is 8.78 Å². The lowest BCUT2D eigenvalue weighted by Crippen LogP contribution is -2.35. The summed E-state index contributed by atoms with van der Waals surface area (Å²) in [7, 11) is 0. The lowest BCUT2D eigenvalue weighted by molar-refractivity contribution is 0.290. The molecule has 1 atom stereocenters. The van der Waals surface area contributed by atoms with Crippen LogP contribution in [0.1, 0.15) is 51.1 Å². The van der Waals surface area contributed by atoms with E-state index in [0.29, 0.717) is 11.6 Å². The number of nitrogens with one attached hydrogen (secondary N) is 1. The minimum atomic E-state index is -0.377. The van der Waals surface area contributed by atoms with Gasteiger partial charge in [0.25, 0.3) is 0 Å². The first-order valence-electron chi connectivity index (χ1n) is 6.77. The molecular formula is C15H21F2N. The molecule has 18 heavy (non-hydrogen) atoms. The fourth-order valence-corrected chi connectivity index (χ4v) is 2.72. The third-order valence-electron chi connectivity index (χ3n) is 3.93. The monoisotopic (exact) mass is 253 g/mol. The molecule has 2 rings (SSSR count). The van der Waals surface area contributed by atoms with E-state index in [0.717, 1.165) is 24.8 Å². The van der Waals surface area contributed by atoms with Crippen molar-refractivity contribution < 1.29 is 8.78 Å². The zero-order valence-electron chi connectivity index (χ0n) is 11.0. The van der Waals surface area contributed by atoms with Crippen molar-refractivity contribution in [2.45, 2.75) is 51.6 Å². The fourth-order valence-electron chi connectivity index (χ4n) is 2.72. The predicted molar refractivity (Wildman–Crippen MR) is 69.3 cm³/mol. The van der Waals surface area contributed by atoms with Crippen LogP contribution in [0, 0.1) is 17.6 Å². The molecule has 1 aliphatic rings. The van der Waals surface area contributed by atoms with Crippen LogP contribution in [0.15, 0.2) is 18.2 Å². The largest absolute Gasteiger partial charge is 0.307 e. The first-order chi connectivity index (χ1) is 8.56. The van der Waals surface area contributed by atoms with Crippen molar-refractivity contribution in [3.8, 4) is 0 Å². The molecule has 1 N–H and O–H groups in total. The van der Waals surface area contributed by atoms with Gasteiger partial charge in [0, 0.05) is 17.6 Å². The Kier molecular flexibility index (Phi) is 4.33. The second-order valence-electron chi connectivity index (χ2n) is 5.51. The quantitative estimate of drug-likeness (QED) is 0.851. The summed E-state index contributed by atoms with van der Waals surface area (Å²) >= 11 is 0. The third-order valence-corrected chi connectivity index (χ3v) is 3.93. The Balaban J connectivity index is 1.98. The topological polar surface area (TPSA) is 12.0 Å². The molecule has 0 amide bonds. The number of hydrogen-bond acceptors (Lipinski definition) is 1. The molecule has 3 heteroatoms. The molecule has 0 radical (unpaired) electrons. The summed E-state index contributed by atoms with van der Waals surface area (Å²) in [5, 5.41) is 3.42. The van der Waals surface area contributed by atoms with Gasteiger partial charge in [-0.25, -0.2) is 8.78 Å². The van der Waals surface area contributed by atoms with Gasteiger partial charge in [-0.15, -0.1) is 0 Å². The molecule has 0 bridgehead atoms. The highest BCUT2D eigenvalue weighted by atomic mass is 19.1. The molecule has 1 aromatic rings. The zero-order valence-corrected chi connectivity index (χ0v) is 11.0. The van der Waals surface area contributed by atoms with E-state index in [-0.39, 0.29) is 17.7 Å². The molecule has 0 saturated heterocycles. The van der Waals surface area contributed by atoms with Crippen LogP contribution in [0.25, 0.3) is 0 Å².